The fourth-order valence-electron chi connectivity index (χ4n) is 4.42. The van der Waals surface area contributed by atoms with E-state index in [1.807, 2.05) is 6.07 Å². The largest absolute Gasteiger partial charge is 0.384 e. The molecule has 0 aromatic heterocycles. The molecule has 2 fully saturated rings. The van der Waals surface area contributed by atoms with Crippen LogP contribution < -0.4 is 4.72 Å². The normalized spacial score (nSPS) is 24.0. The number of nitrogens with zero attached hydrogens (tertiary/aromatic N) is 1. The first kappa shape index (κ1) is 19.7. The number of halogens is 1. The molecule has 0 spiro atoms. The van der Waals surface area contributed by atoms with E-state index in [2.05, 4.69) is 4.72 Å². The van der Waals surface area contributed by atoms with Gasteiger partial charge in [0.15, 0.2) is 0 Å². The summed E-state index contributed by atoms with van der Waals surface area (Å²) >= 11 is 0. The van der Waals surface area contributed by atoms with Gasteiger partial charge in [0.05, 0.1) is 6.61 Å². The Hall–Kier alpha value is -1.02. The maximum Gasteiger partial charge on any atom is 0.279 e. The average molecular weight is 385 g/mol. The Balaban J connectivity index is 1.72. The summed E-state index contributed by atoms with van der Waals surface area (Å²) in [4.78, 5) is 0. The second kappa shape index (κ2) is 8.33. The first-order chi connectivity index (χ1) is 12.5. The standard InChI is InChI=1S/C19H29FN2O3S/c1-25-14-16-7-6-12-22(13-16)26(23,24)21-15-19(10-4-5-11-19)17-8-2-3-9-18(17)20/h2-3,8-9,16,21H,4-7,10-15H2,1H3. The van der Waals surface area contributed by atoms with E-state index in [1.165, 1.54) is 10.4 Å². The Morgan fingerprint density at radius 3 is 2.69 bits per heavy atom. The Morgan fingerprint density at radius 1 is 1.27 bits per heavy atom. The van der Waals surface area contributed by atoms with Crippen molar-refractivity contribution in [3.05, 3.63) is 35.6 Å². The second-order valence-electron chi connectivity index (χ2n) is 7.62. The minimum absolute atomic E-state index is 0.234. The van der Waals surface area contributed by atoms with Gasteiger partial charge in [0, 0.05) is 32.2 Å². The molecular weight excluding hydrogens is 355 g/mol. The monoisotopic (exact) mass is 384 g/mol. The molecule has 7 heteroatoms. The van der Waals surface area contributed by atoms with Crippen LogP contribution in [0.2, 0.25) is 0 Å². The fourth-order valence-corrected chi connectivity index (χ4v) is 5.84. The highest BCUT2D eigenvalue weighted by Crippen LogP contribution is 2.41. The van der Waals surface area contributed by atoms with Crippen molar-refractivity contribution in [2.75, 3.05) is 33.4 Å². The molecule has 0 amide bonds. The minimum atomic E-state index is -3.58. The van der Waals surface area contributed by atoms with E-state index in [-0.39, 0.29) is 18.3 Å². The first-order valence-electron chi connectivity index (χ1n) is 9.45. The zero-order valence-electron chi connectivity index (χ0n) is 15.4. The number of nitrogens with one attached hydrogen (secondary N) is 1. The molecule has 1 aliphatic heterocycles. The zero-order valence-corrected chi connectivity index (χ0v) is 16.2. The van der Waals surface area contributed by atoms with Crippen molar-refractivity contribution in [3.8, 4) is 0 Å². The van der Waals surface area contributed by atoms with Gasteiger partial charge in [0.2, 0.25) is 0 Å². The average Bonchev–Trinajstić information content (AvgIpc) is 3.11. The summed E-state index contributed by atoms with van der Waals surface area (Å²) < 4.78 is 49.6. The summed E-state index contributed by atoms with van der Waals surface area (Å²) in [6, 6.07) is 6.76. The van der Waals surface area contributed by atoms with E-state index in [4.69, 9.17) is 4.74 Å². The molecule has 1 saturated heterocycles. The Morgan fingerprint density at radius 2 is 2.00 bits per heavy atom. The quantitative estimate of drug-likeness (QED) is 0.786. The predicted octanol–water partition coefficient (Wildman–Crippen LogP) is 2.83. The van der Waals surface area contributed by atoms with Crippen molar-refractivity contribution < 1.29 is 17.5 Å². The maximum absolute atomic E-state index is 14.4. The summed E-state index contributed by atoms with van der Waals surface area (Å²) in [7, 11) is -1.93. The van der Waals surface area contributed by atoms with Gasteiger partial charge in [0.1, 0.15) is 5.82 Å². The number of benzene rings is 1. The van der Waals surface area contributed by atoms with Crippen molar-refractivity contribution in [3.63, 3.8) is 0 Å². The molecule has 146 valence electrons. The van der Waals surface area contributed by atoms with Gasteiger partial charge in [-0.25, -0.2) is 9.11 Å². The van der Waals surface area contributed by atoms with E-state index in [0.717, 1.165) is 38.5 Å². The summed E-state index contributed by atoms with van der Waals surface area (Å²) in [5, 5.41) is 0. The lowest BCUT2D eigenvalue weighted by Gasteiger charge is -2.34. The van der Waals surface area contributed by atoms with Gasteiger partial charge in [0.25, 0.3) is 10.2 Å². The van der Waals surface area contributed by atoms with Gasteiger partial charge in [-0.05, 0) is 43.2 Å². The van der Waals surface area contributed by atoms with Crippen LogP contribution in [0.15, 0.2) is 24.3 Å². The predicted molar refractivity (Wildman–Crippen MR) is 99.6 cm³/mol. The maximum atomic E-state index is 14.4. The molecule has 3 rings (SSSR count). The van der Waals surface area contributed by atoms with E-state index in [0.29, 0.717) is 25.3 Å². The molecule has 0 bridgehead atoms. The Kier molecular flexibility index (Phi) is 6.33. The zero-order chi connectivity index (χ0) is 18.6. The third-order valence-electron chi connectivity index (χ3n) is 5.82. The van der Waals surface area contributed by atoms with E-state index < -0.39 is 15.6 Å². The van der Waals surface area contributed by atoms with E-state index in [1.54, 1.807) is 19.2 Å². The third-order valence-corrected chi connectivity index (χ3v) is 7.34. The molecule has 5 nitrogen and oxygen atoms in total. The Bertz CT molecular complexity index is 702. The molecule has 1 N–H and O–H groups in total. The van der Waals surface area contributed by atoms with Crippen molar-refractivity contribution in [1.82, 2.24) is 9.03 Å². The van der Waals surface area contributed by atoms with Gasteiger partial charge in [-0.2, -0.15) is 12.7 Å². The van der Waals surface area contributed by atoms with Crippen LogP contribution in [0.3, 0.4) is 0 Å². The first-order valence-corrected chi connectivity index (χ1v) is 10.9. The lowest BCUT2D eigenvalue weighted by Crippen LogP contribution is -2.49. The molecular formula is C19H29FN2O3S. The molecule has 1 atom stereocenters. The third kappa shape index (κ3) is 4.27. The van der Waals surface area contributed by atoms with Crippen molar-refractivity contribution >= 4 is 10.2 Å². The molecule has 1 aliphatic carbocycles. The van der Waals surface area contributed by atoms with Gasteiger partial charge >= 0.3 is 0 Å². The lowest BCUT2D eigenvalue weighted by molar-refractivity contribution is 0.118. The highest BCUT2D eigenvalue weighted by Gasteiger charge is 2.39. The minimum Gasteiger partial charge on any atom is -0.384 e. The smallest absolute Gasteiger partial charge is 0.279 e. The van der Waals surface area contributed by atoms with E-state index >= 15 is 0 Å². The summed E-state index contributed by atoms with van der Waals surface area (Å²) in [5.41, 5.74) is 0.191. The van der Waals surface area contributed by atoms with Crippen LogP contribution in [0, 0.1) is 11.7 Å². The number of piperidine rings is 1. The Labute approximate surface area is 156 Å². The van der Waals surface area contributed by atoms with Crippen molar-refractivity contribution in [1.29, 1.82) is 0 Å². The summed E-state index contributed by atoms with van der Waals surface area (Å²) in [6.07, 6.45) is 5.43. The highest BCUT2D eigenvalue weighted by molar-refractivity contribution is 7.87. The molecule has 1 unspecified atom stereocenters. The highest BCUT2D eigenvalue weighted by atomic mass is 32.2. The summed E-state index contributed by atoms with van der Waals surface area (Å²) in [6.45, 7) is 1.84. The molecule has 1 saturated carbocycles. The molecule has 0 radical (unpaired) electrons. The van der Waals surface area contributed by atoms with Crippen molar-refractivity contribution in [2.45, 2.75) is 43.9 Å². The molecule has 1 heterocycles. The van der Waals surface area contributed by atoms with Gasteiger partial charge in [-0.3, -0.25) is 0 Å². The number of ether oxygens (including phenoxy) is 1. The van der Waals surface area contributed by atoms with Gasteiger partial charge in [-0.15, -0.1) is 0 Å². The fraction of sp³-hybridized carbons (Fsp3) is 0.684. The van der Waals surface area contributed by atoms with Crippen LogP contribution in [0.1, 0.15) is 44.1 Å². The number of hydrogen-bond acceptors (Lipinski definition) is 3. The van der Waals surface area contributed by atoms with E-state index in [9.17, 15) is 12.8 Å². The van der Waals surface area contributed by atoms with Crippen LogP contribution in [-0.2, 0) is 20.4 Å². The molecule has 26 heavy (non-hydrogen) atoms. The lowest BCUT2D eigenvalue weighted by atomic mass is 9.79. The van der Waals surface area contributed by atoms with Crippen LogP contribution in [0.5, 0.6) is 0 Å². The molecule has 1 aromatic carbocycles. The van der Waals surface area contributed by atoms with Crippen LogP contribution >= 0.6 is 0 Å². The van der Waals surface area contributed by atoms with Gasteiger partial charge in [-0.1, -0.05) is 31.0 Å². The van der Waals surface area contributed by atoms with Gasteiger partial charge < -0.3 is 4.74 Å². The van der Waals surface area contributed by atoms with Crippen LogP contribution in [0.25, 0.3) is 0 Å². The second-order valence-corrected chi connectivity index (χ2v) is 9.37. The van der Waals surface area contributed by atoms with Crippen LogP contribution in [0.4, 0.5) is 4.39 Å². The molecule has 1 aromatic rings. The topological polar surface area (TPSA) is 58.6 Å². The number of hydrogen-bond donors (Lipinski definition) is 1. The van der Waals surface area contributed by atoms with Crippen molar-refractivity contribution in [2.24, 2.45) is 5.92 Å². The SMILES string of the molecule is COCC1CCCN(S(=O)(=O)NCC2(c3ccccc3F)CCCC2)C1. The molecule has 2 aliphatic rings. The summed E-state index contributed by atoms with van der Waals surface area (Å²) in [5.74, 6) is -0.0101. The number of methoxy groups -OCH3 is 1. The van der Waals surface area contributed by atoms with Crippen LogP contribution in [-0.4, -0.2) is 46.1 Å². The number of rotatable bonds is 7.